The second-order valence-corrected chi connectivity index (χ2v) is 4.48. The number of aromatic nitrogens is 1. The lowest BCUT2D eigenvalue weighted by molar-refractivity contribution is 0.438. The quantitative estimate of drug-likeness (QED) is 0.886. The number of nitrogens with two attached hydrogens (primary N) is 1. The molecule has 0 fully saturated rings. The number of nitrogens with zero attached hydrogens (tertiary/aromatic N) is 1. The molecule has 0 aliphatic carbocycles. The highest BCUT2D eigenvalue weighted by Gasteiger charge is 2.16. The van der Waals surface area contributed by atoms with Gasteiger partial charge in [-0.3, -0.25) is 0 Å². The summed E-state index contributed by atoms with van der Waals surface area (Å²) in [6.07, 6.45) is 0.765. The van der Waals surface area contributed by atoms with Crippen molar-refractivity contribution in [2.24, 2.45) is 5.92 Å². The molecule has 2 aromatic rings. The number of nitrogen functional groups attached to an aromatic ring is 1. The van der Waals surface area contributed by atoms with E-state index >= 15 is 0 Å². The lowest BCUT2D eigenvalue weighted by Gasteiger charge is -2.05. The van der Waals surface area contributed by atoms with Crippen LogP contribution in [0.5, 0.6) is 0 Å². The van der Waals surface area contributed by atoms with Gasteiger partial charge < -0.3 is 10.3 Å². The van der Waals surface area contributed by atoms with E-state index in [4.69, 9.17) is 10.3 Å². The highest BCUT2D eigenvalue weighted by molar-refractivity contribution is 5.66. The van der Waals surface area contributed by atoms with E-state index in [1.165, 1.54) is 12.1 Å². The van der Waals surface area contributed by atoms with Crippen LogP contribution in [0.4, 0.5) is 10.3 Å². The highest BCUT2D eigenvalue weighted by atomic mass is 19.1. The standard InChI is InChI=1S/C13H15FN2O/c1-8(2)6-11-12(16-17-13(11)15)9-4-3-5-10(14)7-9/h3-5,7-8H,6,15H2,1-2H3. The fourth-order valence-electron chi connectivity index (χ4n) is 1.79. The van der Waals surface area contributed by atoms with E-state index in [-0.39, 0.29) is 5.82 Å². The van der Waals surface area contributed by atoms with E-state index in [0.717, 1.165) is 12.0 Å². The average Bonchev–Trinajstić information content (AvgIpc) is 2.60. The molecule has 17 heavy (non-hydrogen) atoms. The fraction of sp³-hybridized carbons (Fsp3) is 0.308. The molecule has 0 radical (unpaired) electrons. The molecule has 3 nitrogen and oxygen atoms in total. The van der Waals surface area contributed by atoms with Gasteiger partial charge in [0, 0.05) is 11.1 Å². The van der Waals surface area contributed by atoms with Crippen LogP contribution in [0, 0.1) is 11.7 Å². The Kier molecular flexibility index (Phi) is 3.13. The monoisotopic (exact) mass is 234 g/mol. The van der Waals surface area contributed by atoms with Gasteiger partial charge in [0.2, 0.25) is 5.88 Å². The van der Waals surface area contributed by atoms with Crippen LogP contribution in [0.15, 0.2) is 28.8 Å². The van der Waals surface area contributed by atoms with E-state index in [1.807, 2.05) is 0 Å². The summed E-state index contributed by atoms with van der Waals surface area (Å²) >= 11 is 0. The second kappa shape index (κ2) is 4.57. The van der Waals surface area contributed by atoms with Crippen molar-refractivity contribution < 1.29 is 8.91 Å². The van der Waals surface area contributed by atoms with Crippen LogP contribution in [0.25, 0.3) is 11.3 Å². The van der Waals surface area contributed by atoms with Crippen molar-refractivity contribution in [3.05, 3.63) is 35.6 Å². The Balaban J connectivity index is 2.45. The summed E-state index contributed by atoms with van der Waals surface area (Å²) in [4.78, 5) is 0. The molecule has 0 atom stereocenters. The van der Waals surface area contributed by atoms with Gasteiger partial charge in [0.1, 0.15) is 11.5 Å². The van der Waals surface area contributed by atoms with Gasteiger partial charge in [0.15, 0.2) is 0 Å². The molecule has 0 aliphatic rings. The molecule has 0 spiro atoms. The van der Waals surface area contributed by atoms with E-state index in [9.17, 15) is 4.39 Å². The smallest absolute Gasteiger partial charge is 0.225 e. The second-order valence-electron chi connectivity index (χ2n) is 4.48. The third-order valence-electron chi connectivity index (χ3n) is 2.53. The van der Waals surface area contributed by atoms with Crippen LogP contribution >= 0.6 is 0 Å². The minimum absolute atomic E-state index is 0.292. The van der Waals surface area contributed by atoms with Gasteiger partial charge in [-0.15, -0.1) is 0 Å². The lowest BCUT2D eigenvalue weighted by atomic mass is 9.99. The van der Waals surface area contributed by atoms with Crippen molar-refractivity contribution in [1.82, 2.24) is 5.16 Å². The molecule has 0 aliphatic heterocycles. The van der Waals surface area contributed by atoms with Crippen LogP contribution in [0.2, 0.25) is 0 Å². The first-order valence-corrected chi connectivity index (χ1v) is 5.58. The Bertz CT molecular complexity index is 520. The van der Waals surface area contributed by atoms with Crippen molar-refractivity contribution in [3.8, 4) is 11.3 Å². The van der Waals surface area contributed by atoms with Crippen molar-refractivity contribution in [2.45, 2.75) is 20.3 Å². The van der Waals surface area contributed by atoms with Crippen LogP contribution in [0.3, 0.4) is 0 Å². The summed E-state index contributed by atoms with van der Waals surface area (Å²) in [6, 6.07) is 6.27. The number of hydrogen-bond donors (Lipinski definition) is 1. The Labute approximate surface area is 99.4 Å². The SMILES string of the molecule is CC(C)Cc1c(-c2cccc(F)c2)noc1N. The Morgan fingerprint density at radius 1 is 1.41 bits per heavy atom. The molecular formula is C13H15FN2O. The maximum Gasteiger partial charge on any atom is 0.225 e. The predicted molar refractivity (Wildman–Crippen MR) is 64.9 cm³/mol. The van der Waals surface area contributed by atoms with Crippen LogP contribution < -0.4 is 5.73 Å². The Morgan fingerprint density at radius 2 is 2.18 bits per heavy atom. The molecule has 2 N–H and O–H groups in total. The van der Waals surface area contributed by atoms with Gasteiger partial charge >= 0.3 is 0 Å². The summed E-state index contributed by atoms with van der Waals surface area (Å²) in [5.74, 6) is 0.460. The van der Waals surface area contributed by atoms with Gasteiger partial charge in [0.05, 0.1) is 0 Å². The molecule has 1 aromatic heterocycles. The summed E-state index contributed by atoms with van der Waals surface area (Å²) in [5.41, 5.74) is 7.92. The first kappa shape index (κ1) is 11.6. The number of anilines is 1. The van der Waals surface area contributed by atoms with Crippen molar-refractivity contribution in [2.75, 3.05) is 5.73 Å². The molecule has 1 aromatic carbocycles. The third-order valence-corrected chi connectivity index (χ3v) is 2.53. The molecular weight excluding hydrogens is 219 g/mol. The lowest BCUT2D eigenvalue weighted by Crippen LogP contribution is -1.98. The van der Waals surface area contributed by atoms with E-state index < -0.39 is 0 Å². The normalized spacial score (nSPS) is 11.1. The zero-order valence-corrected chi connectivity index (χ0v) is 9.90. The fourth-order valence-corrected chi connectivity index (χ4v) is 1.79. The zero-order valence-electron chi connectivity index (χ0n) is 9.90. The molecule has 0 saturated heterocycles. The molecule has 4 heteroatoms. The predicted octanol–water partition coefficient (Wildman–Crippen LogP) is 3.26. The largest absolute Gasteiger partial charge is 0.367 e. The zero-order chi connectivity index (χ0) is 12.4. The number of benzene rings is 1. The van der Waals surface area contributed by atoms with E-state index in [1.54, 1.807) is 12.1 Å². The summed E-state index contributed by atoms with van der Waals surface area (Å²) in [5, 5.41) is 3.91. The van der Waals surface area contributed by atoms with Gasteiger partial charge in [-0.2, -0.15) is 0 Å². The van der Waals surface area contributed by atoms with E-state index in [0.29, 0.717) is 23.1 Å². The average molecular weight is 234 g/mol. The molecule has 0 bridgehead atoms. The highest BCUT2D eigenvalue weighted by Crippen LogP contribution is 2.29. The number of rotatable bonds is 3. The topological polar surface area (TPSA) is 52.0 Å². The maximum atomic E-state index is 13.2. The first-order valence-electron chi connectivity index (χ1n) is 5.58. The van der Waals surface area contributed by atoms with Crippen molar-refractivity contribution in [3.63, 3.8) is 0 Å². The molecule has 0 amide bonds. The summed E-state index contributed by atoms with van der Waals surface area (Å²) in [7, 11) is 0. The molecule has 0 saturated carbocycles. The minimum Gasteiger partial charge on any atom is -0.367 e. The maximum absolute atomic E-state index is 13.2. The number of hydrogen-bond acceptors (Lipinski definition) is 3. The Morgan fingerprint density at radius 3 is 2.82 bits per heavy atom. The third kappa shape index (κ3) is 2.46. The summed E-state index contributed by atoms with van der Waals surface area (Å²) < 4.78 is 18.2. The summed E-state index contributed by atoms with van der Waals surface area (Å²) in [6.45, 7) is 4.17. The van der Waals surface area contributed by atoms with Crippen LogP contribution in [-0.2, 0) is 6.42 Å². The molecule has 0 unspecified atom stereocenters. The first-order chi connectivity index (χ1) is 8.08. The Hall–Kier alpha value is -1.84. The minimum atomic E-state index is -0.292. The van der Waals surface area contributed by atoms with Gasteiger partial charge in [-0.1, -0.05) is 31.1 Å². The van der Waals surface area contributed by atoms with Crippen molar-refractivity contribution in [1.29, 1.82) is 0 Å². The van der Waals surface area contributed by atoms with Crippen LogP contribution in [0.1, 0.15) is 19.4 Å². The molecule has 90 valence electrons. The molecule has 2 rings (SSSR count). The van der Waals surface area contributed by atoms with Crippen LogP contribution in [-0.4, -0.2) is 5.16 Å². The number of halogens is 1. The van der Waals surface area contributed by atoms with Gasteiger partial charge in [-0.05, 0) is 24.5 Å². The molecule has 1 heterocycles. The van der Waals surface area contributed by atoms with Gasteiger partial charge in [0.25, 0.3) is 0 Å². The van der Waals surface area contributed by atoms with Gasteiger partial charge in [-0.25, -0.2) is 4.39 Å². The van der Waals surface area contributed by atoms with E-state index in [2.05, 4.69) is 19.0 Å². The van der Waals surface area contributed by atoms with Crippen molar-refractivity contribution >= 4 is 5.88 Å².